The summed E-state index contributed by atoms with van der Waals surface area (Å²) in [5.74, 6) is 0.874. The lowest BCUT2D eigenvalue weighted by Gasteiger charge is -2.27. The number of nitrogens with zero attached hydrogens (tertiary/aromatic N) is 1. The van der Waals surface area contributed by atoms with E-state index in [1.807, 2.05) is 74.3 Å². The van der Waals surface area contributed by atoms with Crippen LogP contribution >= 0.6 is 0 Å². The molecule has 1 aliphatic rings. The van der Waals surface area contributed by atoms with Gasteiger partial charge in [-0.2, -0.15) is 0 Å². The van der Waals surface area contributed by atoms with E-state index < -0.39 is 0 Å². The first-order valence-electron chi connectivity index (χ1n) is 9.09. The summed E-state index contributed by atoms with van der Waals surface area (Å²) in [7, 11) is 3.56. The van der Waals surface area contributed by atoms with Crippen LogP contribution in [0.4, 0.5) is 0 Å². The van der Waals surface area contributed by atoms with E-state index in [9.17, 15) is 4.79 Å². The first-order chi connectivity index (χ1) is 12.4. The topological polar surface area (TPSA) is 38.8 Å². The molecule has 0 aromatic heterocycles. The lowest BCUT2D eigenvalue weighted by Crippen LogP contribution is -2.42. The van der Waals surface area contributed by atoms with E-state index in [1.54, 1.807) is 7.11 Å². The predicted molar refractivity (Wildman–Crippen MR) is 104 cm³/mol. The Morgan fingerprint density at radius 2 is 1.77 bits per heavy atom. The van der Waals surface area contributed by atoms with Crippen LogP contribution in [0.15, 0.2) is 48.5 Å². The molecule has 0 N–H and O–H groups in total. The van der Waals surface area contributed by atoms with Crippen LogP contribution in [-0.2, 0) is 4.74 Å². The Labute approximate surface area is 155 Å². The number of benzene rings is 2. The van der Waals surface area contributed by atoms with Gasteiger partial charge in [-0.1, -0.05) is 24.3 Å². The van der Waals surface area contributed by atoms with Gasteiger partial charge in [0.1, 0.15) is 5.75 Å². The second kappa shape index (κ2) is 7.50. The Bertz CT molecular complexity index is 780. The number of carbonyl (C=O) groups is 1. The van der Waals surface area contributed by atoms with Gasteiger partial charge in [0.15, 0.2) is 0 Å². The number of carbonyl (C=O) groups excluding carboxylic acids is 1. The fourth-order valence-electron chi connectivity index (χ4n) is 3.25. The van der Waals surface area contributed by atoms with Gasteiger partial charge in [-0.25, -0.2) is 0 Å². The molecule has 4 heteroatoms. The van der Waals surface area contributed by atoms with Gasteiger partial charge < -0.3 is 14.4 Å². The van der Waals surface area contributed by atoms with E-state index in [1.165, 1.54) is 0 Å². The minimum atomic E-state index is -0.132. The molecular weight excluding hydrogens is 326 g/mol. The van der Waals surface area contributed by atoms with Gasteiger partial charge in [-0.05, 0) is 62.1 Å². The van der Waals surface area contributed by atoms with Gasteiger partial charge in [-0.3, -0.25) is 4.79 Å². The lowest BCUT2D eigenvalue weighted by atomic mass is 10.0. The molecule has 0 radical (unpaired) electrons. The van der Waals surface area contributed by atoms with Crippen molar-refractivity contribution in [2.75, 3.05) is 20.8 Å². The molecule has 0 bridgehead atoms. The predicted octanol–water partition coefficient (Wildman–Crippen LogP) is 4.39. The van der Waals surface area contributed by atoms with Gasteiger partial charge in [0, 0.05) is 19.7 Å². The molecule has 4 nitrogen and oxygen atoms in total. The highest BCUT2D eigenvalue weighted by atomic mass is 16.5. The van der Waals surface area contributed by atoms with Crippen LogP contribution < -0.4 is 4.74 Å². The molecule has 2 aromatic rings. The molecule has 1 saturated carbocycles. The quantitative estimate of drug-likeness (QED) is 0.741. The van der Waals surface area contributed by atoms with Crippen LogP contribution in [0.25, 0.3) is 11.1 Å². The maximum atomic E-state index is 12.9. The zero-order valence-electron chi connectivity index (χ0n) is 16.0. The third-order valence-electron chi connectivity index (χ3n) is 4.90. The van der Waals surface area contributed by atoms with Gasteiger partial charge in [-0.15, -0.1) is 0 Å². The van der Waals surface area contributed by atoms with Crippen LogP contribution in [-0.4, -0.2) is 43.2 Å². The van der Waals surface area contributed by atoms with Crippen molar-refractivity contribution >= 4 is 5.91 Å². The molecule has 0 saturated heterocycles. The first kappa shape index (κ1) is 18.5. The average molecular weight is 353 g/mol. The molecule has 1 amide bonds. The fourth-order valence-corrected chi connectivity index (χ4v) is 3.25. The number of hydrogen-bond acceptors (Lipinski definition) is 3. The van der Waals surface area contributed by atoms with E-state index in [0.29, 0.717) is 12.2 Å². The number of hydrogen-bond donors (Lipinski definition) is 0. The Morgan fingerprint density at radius 1 is 1.12 bits per heavy atom. The molecule has 1 aliphatic carbocycles. The highest BCUT2D eigenvalue weighted by Crippen LogP contribution is 2.41. The van der Waals surface area contributed by atoms with Crippen molar-refractivity contribution in [2.24, 2.45) is 0 Å². The monoisotopic (exact) mass is 353 g/mol. The van der Waals surface area contributed by atoms with Crippen LogP contribution in [0.3, 0.4) is 0 Å². The van der Waals surface area contributed by atoms with Crippen molar-refractivity contribution in [3.8, 4) is 16.9 Å². The number of ether oxygens (including phenoxy) is 2. The van der Waals surface area contributed by atoms with Crippen LogP contribution in [0.1, 0.15) is 37.0 Å². The van der Waals surface area contributed by atoms with Gasteiger partial charge >= 0.3 is 0 Å². The van der Waals surface area contributed by atoms with Crippen molar-refractivity contribution in [2.45, 2.75) is 38.3 Å². The first-order valence-corrected chi connectivity index (χ1v) is 9.09. The van der Waals surface area contributed by atoms with Crippen molar-refractivity contribution < 1.29 is 14.3 Å². The Hall–Kier alpha value is -2.33. The zero-order valence-corrected chi connectivity index (χ0v) is 16.0. The summed E-state index contributed by atoms with van der Waals surface area (Å²) in [4.78, 5) is 14.8. The fraction of sp³-hybridized carbons (Fsp3) is 0.409. The van der Waals surface area contributed by atoms with Gasteiger partial charge in [0.2, 0.25) is 0 Å². The third kappa shape index (κ3) is 3.91. The van der Waals surface area contributed by atoms with Crippen molar-refractivity contribution in [1.29, 1.82) is 0 Å². The van der Waals surface area contributed by atoms with E-state index >= 15 is 0 Å². The normalized spacial score (nSPS) is 15.0. The average Bonchev–Trinajstić information content (AvgIpc) is 3.41. The molecule has 3 rings (SSSR count). The van der Waals surface area contributed by atoms with Crippen molar-refractivity contribution in [1.82, 2.24) is 4.90 Å². The molecule has 0 atom stereocenters. The molecule has 138 valence electrons. The smallest absolute Gasteiger partial charge is 0.254 e. The zero-order chi connectivity index (χ0) is 18.7. The van der Waals surface area contributed by atoms with Crippen molar-refractivity contribution in [3.05, 3.63) is 54.1 Å². The van der Waals surface area contributed by atoms with E-state index in [4.69, 9.17) is 9.47 Å². The highest BCUT2D eigenvalue weighted by molar-refractivity contribution is 5.96. The summed E-state index contributed by atoms with van der Waals surface area (Å²) >= 11 is 0. The molecule has 26 heavy (non-hydrogen) atoms. The largest absolute Gasteiger partial charge is 0.491 e. The summed E-state index contributed by atoms with van der Waals surface area (Å²) < 4.78 is 11.1. The highest BCUT2D eigenvalue weighted by Gasteiger charge is 2.48. The number of likely N-dealkylation sites (N-methyl/N-ethyl adjacent to an activating group) is 1. The van der Waals surface area contributed by atoms with Crippen LogP contribution in [0.5, 0.6) is 5.75 Å². The molecular formula is C22H27NO3. The number of rotatable bonds is 7. The van der Waals surface area contributed by atoms with Crippen LogP contribution in [0.2, 0.25) is 0 Å². The minimum Gasteiger partial charge on any atom is -0.491 e. The SMILES string of the molecule is COCC1(N(C)C(=O)c2cccc(-c3cccc(OC(C)C)c3)c2)CC1. The molecule has 0 aliphatic heterocycles. The number of amides is 1. The summed E-state index contributed by atoms with van der Waals surface area (Å²) in [5, 5.41) is 0. The van der Waals surface area contributed by atoms with Crippen LogP contribution in [0, 0.1) is 0 Å². The third-order valence-corrected chi connectivity index (χ3v) is 4.90. The molecule has 0 unspecified atom stereocenters. The van der Waals surface area contributed by atoms with Gasteiger partial charge in [0.25, 0.3) is 5.91 Å². The van der Waals surface area contributed by atoms with E-state index in [0.717, 1.165) is 29.7 Å². The maximum absolute atomic E-state index is 12.9. The standard InChI is InChI=1S/C22H27NO3/c1-16(2)26-20-10-6-8-18(14-20)17-7-5-9-19(13-17)21(24)23(3)22(11-12-22)15-25-4/h5-10,13-14,16H,11-12,15H2,1-4H3. The van der Waals surface area contributed by atoms with Crippen molar-refractivity contribution in [3.63, 3.8) is 0 Å². The minimum absolute atomic E-state index is 0.0379. The molecule has 0 spiro atoms. The number of methoxy groups -OCH3 is 1. The molecule has 0 heterocycles. The van der Waals surface area contributed by atoms with E-state index in [2.05, 4.69) is 0 Å². The maximum Gasteiger partial charge on any atom is 0.254 e. The Kier molecular flexibility index (Phi) is 5.33. The summed E-state index contributed by atoms with van der Waals surface area (Å²) in [6, 6.07) is 15.8. The molecule has 1 fully saturated rings. The second-order valence-corrected chi connectivity index (χ2v) is 7.30. The molecule has 2 aromatic carbocycles. The van der Waals surface area contributed by atoms with E-state index in [-0.39, 0.29) is 17.6 Å². The Balaban J connectivity index is 1.83. The van der Waals surface area contributed by atoms with Gasteiger partial charge in [0.05, 0.1) is 18.2 Å². The summed E-state index contributed by atoms with van der Waals surface area (Å²) in [5.41, 5.74) is 2.61. The second-order valence-electron chi connectivity index (χ2n) is 7.30. The Morgan fingerprint density at radius 3 is 2.38 bits per heavy atom. The summed E-state index contributed by atoms with van der Waals surface area (Å²) in [6.45, 7) is 4.61. The summed E-state index contributed by atoms with van der Waals surface area (Å²) in [6.07, 6.45) is 2.12. The lowest BCUT2D eigenvalue weighted by molar-refractivity contribution is 0.0551.